The molecule has 0 aliphatic heterocycles. The van der Waals surface area contributed by atoms with Crippen molar-refractivity contribution in [1.82, 2.24) is 10.6 Å². The molecule has 0 radical (unpaired) electrons. The number of aliphatic hydroxyl groups is 1. The van der Waals surface area contributed by atoms with Crippen molar-refractivity contribution in [3.8, 4) is 0 Å². The number of hydrogen-bond acceptors (Lipinski definition) is 2. The number of benzene rings is 1. The van der Waals surface area contributed by atoms with Crippen LogP contribution in [-0.2, 0) is 6.54 Å². The Hall–Kier alpha value is -0.780. The van der Waals surface area contributed by atoms with Crippen molar-refractivity contribution >= 4 is 33.6 Å². The van der Waals surface area contributed by atoms with Crippen molar-refractivity contribution < 1.29 is 9.90 Å². The van der Waals surface area contributed by atoms with Gasteiger partial charge in [-0.2, -0.15) is 0 Å². The highest BCUT2D eigenvalue weighted by Crippen LogP contribution is 2.20. The minimum absolute atomic E-state index is 0.0769. The van der Waals surface area contributed by atoms with E-state index in [1.165, 1.54) is 0 Å². The second-order valence-electron chi connectivity index (χ2n) is 3.07. The molecule has 0 heterocycles. The topological polar surface area (TPSA) is 61.4 Å². The zero-order valence-corrected chi connectivity index (χ0v) is 10.8. The molecule has 0 saturated heterocycles. The Morgan fingerprint density at radius 2 is 2.19 bits per heavy atom. The summed E-state index contributed by atoms with van der Waals surface area (Å²) in [4.78, 5) is 11.2. The Morgan fingerprint density at radius 1 is 1.44 bits per heavy atom. The summed E-state index contributed by atoms with van der Waals surface area (Å²) in [6, 6.07) is 5.13. The smallest absolute Gasteiger partial charge is 0.315 e. The SMILES string of the molecule is O=C(NCCO)NCc1ccc(Br)cc1Cl. The van der Waals surface area contributed by atoms with Crippen molar-refractivity contribution in [2.45, 2.75) is 6.54 Å². The molecule has 2 amide bonds. The molecule has 0 saturated carbocycles. The summed E-state index contributed by atoms with van der Waals surface area (Å²) in [5.41, 5.74) is 0.837. The third-order valence-electron chi connectivity index (χ3n) is 1.85. The van der Waals surface area contributed by atoms with Crippen LogP contribution in [0.4, 0.5) is 4.79 Å². The lowest BCUT2D eigenvalue weighted by Crippen LogP contribution is -2.36. The van der Waals surface area contributed by atoms with Crippen LogP contribution in [0.5, 0.6) is 0 Å². The number of halogens is 2. The van der Waals surface area contributed by atoms with E-state index in [0.29, 0.717) is 11.6 Å². The van der Waals surface area contributed by atoms with Gasteiger partial charge in [0.05, 0.1) is 6.61 Å². The summed E-state index contributed by atoms with van der Waals surface area (Å²) >= 11 is 9.27. The fraction of sp³-hybridized carbons (Fsp3) is 0.300. The average molecular weight is 308 g/mol. The van der Waals surface area contributed by atoms with Gasteiger partial charge in [0, 0.05) is 22.6 Å². The molecule has 88 valence electrons. The second kappa shape index (κ2) is 6.73. The zero-order chi connectivity index (χ0) is 12.0. The first-order valence-electron chi connectivity index (χ1n) is 4.70. The van der Waals surface area contributed by atoms with Crippen LogP contribution in [-0.4, -0.2) is 24.3 Å². The van der Waals surface area contributed by atoms with E-state index < -0.39 is 0 Å². The molecule has 0 unspecified atom stereocenters. The monoisotopic (exact) mass is 306 g/mol. The Kier molecular flexibility index (Phi) is 5.59. The van der Waals surface area contributed by atoms with Gasteiger partial charge < -0.3 is 15.7 Å². The van der Waals surface area contributed by atoms with E-state index in [-0.39, 0.29) is 19.2 Å². The highest BCUT2D eigenvalue weighted by Gasteiger charge is 2.03. The molecule has 1 aromatic rings. The third kappa shape index (κ3) is 4.38. The molecule has 4 nitrogen and oxygen atoms in total. The molecule has 1 rings (SSSR count). The standard InChI is InChI=1S/C10H12BrClN2O2/c11-8-2-1-7(9(12)5-8)6-14-10(16)13-3-4-15/h1-2,5,15H,3-4,6H2,(H2,13,14,16). The first kappa shape index (κ1) is 13.3. The molecule has 3 N–H and O–H groups in total. The number of hydrogen-bond donors (Lipinski definition) is 3. The van der Waals surface area contributed by atoms with Crippen LogP contribution in [0.1, 0.15) is 5.56 Å². The molecule has 0 spiro atoms. The fourth-order valence-electron chi connectivity index (χ4n) is 1.07. The highest BCUT2D eigenvalue weighted by atomic mass is 79.9. The molecule has 16 heavy (non-hydrogen) atoms. The van der Waals surface area contributed by atoms with Crippen LogP contribution in [0.2, 0.25) is 5.02 Å². The first-order valence-corrected chi connectivity index (χ1v) is 5.87. The molecule has 0 aromatic heterocycles. The van der Waals surface area contributed by atoms with Crippen molar-refractivity contribution in [1.29, 1.82) is 0 Å². The van der Waals surface area contributed by atoms with E-state index in [1.807, 2.05) is 12.1 Å². The largest absolute Gasteiger partial charge is 0.395 e. The quantitative estimate of drug-likeness (QED) is 0.795. The molecule has 0 atom stereocenters. The molecular weight excluding hydrogens is 295 g/mol. The van der Waals surface area contributed by atoms with E-state index >= 15 is 0 Å². The van der Waals surface area contributed by atoms with Crippen LogP contribution < -0.4 is 10.6 Å². The third-order valence-corrected chi connectivity index (χ3v) is 2.70. The van der Waals surface area contributed by atoms with Crippen LogP contribution in [0.3, 0.4) is 0 Å². The maximum absolute atomic E-state index is 11.2. The minimum atomic E-state index is -0.326. The van der Waals surface area contributed by atoms with Gasteiger partial charge in [-0.05, 0) is 17.7 Å². The summed E-state index contributed by atoms with van der Waals surface area (Å²) in [7, 11) is 0. The lowest BCUT2D eigenvalue weighted by Gasteiger charge is -2.08. The lowest BCUT2D eigenvalue weighted by atomic mass is 10.2. The molecule has 6 heteroatoms. The summed E-state index contributed by atoms with van der Waals surface area (Å²) in [6.07, 6.45) is 0. The van der Waals surface area contributed by atoms with Gasteiger partial charge in [-0.25, -0.2) is 4.79 Å². The predicted molar refractivity (Wildman–Crippen MR) is 66.5 cm³/mol. The summed E-state index contributed by atoms with van der Waals surface area (Å²) < 4.78 is 0.894. The van der Waals surface area contributed by atoms with Gasteiger partial charge in [-0.3, -0.25) is 0 Å². The fourth-order valence-corrected chi connectivity index (χ4v) is 1.81. The van der Waals surface area contributed by atoms with E-state index in [0.717, 1.165) is 10.0 Å². The van der Waals surface area contributed by atoms with E-state index in [2.05, 4.69) is 26.6 Å². The van der Waals surface area contributed by atoms with Gasteiger partial charge in [0.15, 0.2) is 0 Å². The van der Waals surface area contributed by atoms with Gasteiger partial charge in [-0.15, -0.1) is 0 Å². The van der Waals surface area contributed by atoms with Gasteiger partial charge in [0.2, 0.25) is 0 Å². The van der Waals surface area contributed by atoms with Crippen molar-refractivity contribution in [2.75, 3.05) is 13.2 Å². The molecule has 0 aliphatic carbocycles. The Morgan fingerprint density at radius 3 is 2.81 bits per heavy atom. The van der Waals surface area contributed by atoms with E-state index in [4.69, 9.17) is 16.7 Å². The van der Waals surface area contributed by atoms with Crippen molar-refractivity contribution in [3.05, 3.63) is 33.3 Å². The maximum atomic E-state index is 11.2. The van der Waals surface area contributed by atoms with Gasteiger partial charge in [-0.1, -0.05) is 33.6 Å². The van der Waals surface area contributed by atoms with Crippen LogP contribution in [0.25, 0.3) is 0 Å². The molecule has 1 aromatic carbocycles. The second-order valence-corrected chi connectivity index (χ2v) is 4.39. The van der Waals surface area contributed by atoms with Gasteiger partial charge in [0.1, 0.15) is 0 Å². The van der Waals surface area contributed by atoms with Crippen molar-refractivity contribution in [2.24, 2.45) is 0 Å². The van der Waals surface area contributed by atoms with E-state index in [9.17, 15) is 4.79 Å². The normalized spacial score (nSPS) is 9.94. The predicted octanol–water partition coefficient (Wildman–Crippen LogP) is 1.89. The summed E-state index contributed by atoms with van der Waals surface area (Å²) in [6.45, 7) is 0.510. The summed E-state index contributed by atoms with van der Waals surface area (Å²) in [5.74, 6) is 0. The van der Waals surface area contributed by atoms with Crippen LogP contribution in [0, 0.1) is 0 Å². The molecular formula is C10H12BrClN2O2. The number of urea groups is 1. The average Bonchev–Trinajstić information content (AvgIpc) is 2.25. The number of rotatable bonds is 4. The number of carbonyl (C=O) groups excluding carboxylic acids is 1. The van der Waals surface area contributed by atoms with Crippen LogP contribution >= 0.6 is 27.5 Å². The Balaban J connectivity index is 2.45. The highest BCUT2D eigenvalue weighted by molar-refractivity contribution is 9.10. The maximum Gasteiger partial charge on any atom is 0.315 e. The first-order chi connectivity index (χ1) is 7.63. The number of carbonyl (C=O) groups is 1. The number of nitrogens with one attached hydrogen (secondary N) is 2. The number of aliphatic hydroxyl groups excluding tert-OH is 1. The minimum Gasteiger partial charge on any atom is -0.395 e. The van der Waals surface area contributed by atoms with Crippen molar-refractivity contribution in [3.63, 3.8) is 0 Å². The zero-order valence-electron chi connectivity index (χ0n) is 8.46. The molecule has 0 fully saturated rings. The Bertz CT molecular complexity index is 374. The van der Waals surface area contributed by atoms with E-state index in [1.54, 1.807) is 6.07 Å². The number of amides is 2. The Labute approximate surface area is 107 Å². The van der Waals surface area contributed by atoms with Gasteiger partial charge >= 0.3 is 6.03 Å². The lowest BCUT2D eigenvalue weighted by molar-refractivity contribution is 0.234. The summed E-state index contributed by atoms with van der Waals surface area (Å²) in [5, 5.41) is 14.2. The molecule has 0 aliphatic rings. The van der Waals surface area contributed by atoms with Crippen LogP contribution in [0.15, 0.2) is 22.7 Å². The molecule has 0 bridgehead atoms. The van der Waals surface area contributed by atoms with Gasteiger partial charge in [0.25, 0.3) is 0 Å².